The molecule has 2 aromatic rings. The molecule has 0 amide bonds. The van der Waals surface area contributed by atoms with E-state index in [9.17, 15) is 8.42 Å². The lowest BCUT2D eigenvalue weighted by atomic mass is 10.2. The topological polar surface area (TPSA) is 111 Å². The highest BCUT2D eigenvalue weighted by Gasteiger charge is 2.19. The summed E-state index contributed by atoms with van der Waals surface area (Å²) in [6.45, 7) is 3.45. The van der Waals surface area contributed by atoms with Gasteiger partial charge in [-0.05, 0) is 31.5 Å². The van der Waals surface area contributed by atoms with E-state index in [2.05, 4.69) is 14.9 Å². The molecular weight excluding hydrogens is 316 g/mol. The van der Waals surface area contributed by atoms with Gasteiger partial charge in [-0.15, -0.1) is 0 Å². The second kappa shape index (κ2) is 6.00. The molecule has 2 rings (SSSR count). The number of nitrogen functional groups attached to an aromatic ring is 1. The van der Waals surface area contributed by atoms with Crippen LogP contribution in [0.3, 0.4) is 0 Å². The minimum absolute atomic E-state index is 0.0641. The van der Waals surface area contributed by atoms with Crippen molar-refractivity contribution in [2.24, 2.45) is 0 Å². The van der Waals surface area contributed by atoms with Crippen molar-refractivity contribution < 1.29 is 12.9 Å². The number of nitrogens with zero attached hydrogens (tertiary/aromatic N) is 2. The van der Waals surface area contributed by atoms with Crippen molar-refractivity contribution in [1.82, 2.24) is 14.9 Å². The van der Waals surface area contributed by atoms with Crippen LogP contribution in [0, 0.1) is 13.8 Å². The van der Waals surface area contributed by atoms with Crippen LogP contribution in [-0.4, -0.2) is 25.1 Å². The van der Waals surface area contributed by atoms with E-state index in [1.54, 1.807) is 13.8 Å². The van der Waals surface area contributed by atoms with Gasteiger partial charge in [0.1, 0.15) is 0 Å². The van der Waals surface area contributed by atoms with Crippen LogP contribution in [0.1, 0.15) is 17.3 Å². The largest absolute Gasteiger partial charge is 0.398 e. The van der Waals surface area contributed by atoms with Gasteiger partial charge < -0.3 is 10.3 Å². The Kier molecular flexibility index (Phi) is 4.50. The monoisotopic (exact) mass is 330 g/mol. The van der Waals surface area contributed by atoms with Gasteiger partial charge in [-0.2, -0.15) is 4.98 Å². The molecule has 0 unspecified atom stereocenters. The molecule has 0 radical (unpaired) electrons. The fraction of sp³-hybridized carbons (Fsp3) is 0.333. The first-order valence-corrected chi connectivity index (χ1v) is 8.00. The van der Waals surface area contributed by atoms with Gasteiger partial charge >= 0.3 is 0 Å². The van der Waals surface area contributed by atoms with E-state index in [4.69, 9.17) is 21.9 Å². The predicted octanol–water partition coefficient (Wildman–Crippen LogP) is 1.44. The lowest BCUT2D eigenvalue weighted by molar-refractivity contribution is 0.375. The number of aromatic nitrogens is 2. The van der Waals surface area contributed by atoms with Gasteiger partial charge in [0.25, 0.3) is 0 Å². The molecule has 1 heterocycles. The van der Waals surface area contributed by atoms with Crippen LogP contribution in [0.5, 0.6) is 0 Å². The van der Waals surface area contributed by atoms with E-state index in [0.29, 0.717) is 29.4 Å². The molecule has 7 nitrogen and oxygen atoms in total. The first kappa shape index (κ1) is 15.7. The van der Waals surface area contributed by atoms with Gasteiger partial charge in [-0.25, -0.2) is 13.1 Å². The fourth-order valence-electron chi connectivity index (χ4n) is 1.77. The highest BCUT2D eigenvalue weighted by molar-refractivity contribution is 7.89. The molecule has 0 aliphatic rings. The summed E-state index contributed by atoms with van der Waals surface area (Å²) in [6, 6.07) is 2.88. The molecule has 9 heteroatoms. The summed E-state index contributed by atoms with van der Waals surface area (Å²) in [4.78, 5) is 4.06. The highest BCUT2D eigenvalue weighted by atomic mass is 35.5. The fourth-order valence-corrected chi connectivity index (χ4v) is 3.39. The Bertz CT molecular complexity index is 758. The molecule has 0 spiro atoms. The van der Waals surface area contributed by atoms with Gasteiger partial charge in [0.2, 0.25) is 15.9 Å². The quantitative estimate of drug-likeness (QED) is 0.802. The van der Waals surface area contributed by atoms with Crippen LogP contribution in [-0.2, 0) is 16.4 Å². The van der Waals surface area contributed by atoms with Crippen LogP contribution in [0.15, 0.2) is 21.6 Å². The molecule has 0 saturated heterocycles. The summed E-state index contributed by atoms with van der Waals surface area (Å²) in [5.41, 5.74) is 6.52. The average molecular weight is 331 g/mol. The Morgan fingerprint density at radius 1 is 1.38 bits per heavy atom. The van der Waals surface area contributed by atoms with Crippen LogP contribution in [0.4, 0.5) is 5.69 Å². The third kappa shape index (κ3) is 3.72. The smallest absolute Gasteiger partial charge is 0.240 e. The lowest BCUT2D eigenvalue weighted by Gasteiger charge is -2.11. The van der Waals surface area contributed by atoms with Gasteiger partial charge in [-0.1, -0.05) is 16.8 Å². The number of aryl methyl sites for hydroxylation is 1. The van der Waals surface area contributed by atoms with Crippen molar-refractivity contribution in [1.29, 1.82) is 0 Å². The number of benzene rings is 1. The first-order valence-electron chi connectivity index (χ1n) is 6.14. The Labute approximate surface area is 127 Å². The molecule has 3 N–H and O–H groups in total. The second-order valence-electron chi connectivity index (χ2n) is 4.50. The minimum Gasteiger partial charge on any atom is -0.398 e. The summed E-state index contributed by atoms with van der Waals surface area (Å²) in [5, 5.41) is 3.90. The maximum atomic E-state index is 12.3. The number of nitrogens with two attached hydrogens (primary N) is 1. The summed E-state index contributed by atoms with van der Waals surface area (Å²) >= 11 is 5.86. The van der Waals surface area contributed by atoms with E-state index in [1.807, 2.05) is 0 Å². The van der Waals surface area contributed by atoms with E-state index < -0.39 is 10.0 Å². The van der Waals surface area contributed by atoms with Crippen molar-refractivity contribution in [3.63, 3.8) is 0 Å². The average Bonchev–Trinajstić information content (AvgIpc) is 2.79. The number of anilines is 1. The molecule has 114 valence electrons. The molecule has 1 aromatic heterocycles. The SMILES string of the molecule is Cc1noc(CCNS(=O)(=O)c2cc(Cl)cc(N)c2C)n1. The molecule has 21 heavy (non-hydrogen) atoms. The Balaban J connectivity index is 2.12. The van der Waals surface area contributed by atoms with E-state index >= 15 is 0 Å². The maximum absolute atomic E-state index is 12.3. The molecule has 0 aliphatic heterocycles. The number of sulfonamides is 1. The van der Waals surface area contributed by atoms with E-state index in [-0.39, 0.29) is 16.5 Å². The third-order valence-corrected chi connectivity index (χ3v) is 4.66. The van der Waals surface area contributed by atoms with Crippen molar-refractivity contribution in [2.75, 3.05) is 12.3 Å². The second-order valence-corrected chi connectivity index (χ2v) is 6.67. The molecule has 0 bridgehead atoms. The van der Waals surface area contributed by atoms with Gasteiger partial charge in [0.15, 0.2) is 5.82 Å². The third-order valence-electron chi connectivity index (χ3n) is 2.86. The zero-order valence-electron chi connectivity index (χ0n) is 11.6. The van der Waals surface area contributed by atoms with Crippen LogP contribution < -0.4 is 10.5 Å². The van der Waals surface area contributed by atoms with Crippen LogP contribution >= 0.6 is 11.6 Å². The molecule has 1 aromatic carbocycles. The Morgan fingerprint density at radius 3 is 2.71 bits per heavy atom. The Hall–Kier alpha value is -1.64. The van der Waals surface area contributed by atoms with Gasteiger partial charge in [0.05, 0.1) is 4.90 Å². The highest BCUT2D eigenvalue weighted by Crippen LogP contribution is 2.25. The zero-order valence-corrected chi connectivity index (χ0v) is 13.1. The number of nitrogens with one attached hydrogen (secondary N) is 1. The van der Waals surface area contributed by atoms with E-state index in [1.165, 1.54) is 12.1 Å². The lowest BCUT2D eigenvalue weighted by Crippen LogP contribution is -2.27. The minimum atomic E-state index is -3.70. The molecule has 0 fully saturated rings. The standard InChI is InChI=1S/C12H15ClN4O3S/c1-7-10(14)5-9(13)6-11(7)21(18,19)15-4-3-12-16-8(2)17-20-12/h5-6,15H,3-4,14H2,1-2H3. The molecule has 0 aliphatic carbocycles. The van der Waals surface area contributed by atoms with Gasteiger partial charge in [-0.3, -0.25) is 0 Å². The number of halogens is 1. The van der Waals surface area contributed by atoms with Gasteiger partial charge in [0, 0.05) is 23.7 Å². The number of hydrogen-bond donors (Lipinski definition) is 2. The Morgan fingerprint density at radius 2 is 2.10 bits per heavy atom. The normalized spacial score (nSPS) is 11.8. The molecule has 0 atom stereocenters. The molecule has 0 saturated carbocycles. The summed E-state index contributed by atoms with van der Waals surface area (Å²) in [5.74, 6) is 0.879. The molecular formula is C12H15ClN4O3S. The van der Waals surface area contributed by atoms with Crippen LogP contribution in [0.2, 0.25) is 5.02 Å². The summed E-state index contributed by atoms with van der Waals surface area (Å²) in [6.07, 6.45) is 0.301. The summed E-state index contributed by atoms with van der Waals surface area (Å²) < 4.78 is 31.9. The van der Waals surface area contributed by atoms with Crippen molar-refractivity contribution >= 4 is 27.3 Å². The summed E-state index contributed by atoms with van der Waals surface area (Å²) in [7, 11) is -3.70. The van der Waals surface area contributed by atoms with Crippen molar-refractivity contribution in [3.05, 3.63) is 34.4 Å². The number of hydrogen-bond acceptors (Lipinski definition) is 6. The van der Waals surface area contributed by atoms with Crippen LogP contribution in [0.25, 0.3) is 0 Å². The predicted molar refractivity (Wildman–Crippen MR) is 78.5 cm³/mol. The zero-order chi connectivity index (χ0) is 15.6. The van der Waals surface area contributed by atoms with Crippen molar-refractivity contribution in [2.45, 2.75) is 25.2 Å². The van der Waals surface area contributed by atoms with E-state index in [0.717, 1.165) is 0 Å². The van der Waals surface area contributed by atoms with Crippen molar-refractivity contribution in [3.8, 4) is 0 Å². The number of rotatable bonds is 5. The maximum Gasteiger partial charge on any atom is 0.240 e. The first-order chi connectivity index (χ1) is 9.79.